The standard InChI is InChI=1S/C16H12FN3S2/c1-10-18-19-16(22-9-11-3-2-4-12(17)7-11)14-8-15-13(20(10)14)5-6-21-15/h2-8H,9H2,1H3. The molecule has 0 spiro atoms. The molecule has 4 aromatic rings. The number of thioether (sulfide) groups is 1. The van der Waals surface area contributed by atoms with Crippen LogP contribution in [-0.4, -0.2) is 14.6 Å². The Bertz CT molecular complexity index is 974. The van der Waals surface area contributed by atoms with Crippen LogP contribution in [0.4, 0.5) is 4.39 Å². The first-order valence-corrected chi connectivity index (χ1v) is 8.68. The van der Waals surface area contributed by atoms with Crippen LogP contribution in [0.2, 0.25) is 0 Å². The molecule has 0 bridgehead atoms. The molecule has 0 amide bonds. The van der Waals surface area contributed by atoms with Crippen LogP contribution in [0, 0.1) is 12.7 Å². The Morgan fingerprint density at radius 3 is 2.95 bits per heavy atom. The van der Waals surface area contributed by atoms with E-state index in [9.17, 15) is 4.39 Å². The van der Waals surface area contributed by atoms with Crippen molar-refractivity contribution in [3.8, 4) is 0 Å². The van der Waals surface area contributed by atoms with Crippen molar-refractivity contribution in [3.63, 3.8) is 0 Å². The molecule has 0 saturated carbocycles. The van der Waals surface area contributed by atoms with Gasteiger partial charge in [0.1, 0.15) is 16.7 Å². The summed E-state index contributed by atoms with van der Waals surface area (Å²) in [7, 11) is 0. The van der Waals surface area contributed by atoms with E-state index in [4.69, 9.17) is 0 Å². The van der Waals surface area contributed by atoms with Crippen LogP contribution in [0.5, 0.6) is 0 Å². The molecule has 3 aromatic heterocycles. The van der Waals surface area contributed by atoms with Gasteiger partial charge < -0.3 is 0 Å². The number of fused-ring (bicyclic) bond motifs is 3. The van der Waals surface area contributed by atoms with Crippen LogP contribution in [-0.2, 0) is 5.75 Å². The molecule has 3 heterocycles. The molecule has 22 heavy (non-hydrogen) atoms. The summed E-state index contributed by atoms with van der Waals surface area (Å²) in [6, 6.07) is 10.9. The molecule has 110 valence electrons. The summed E-state index contributed by atoms with van der Waals surface area (Å²) in [4.78, 5) is 0. The van der Waals surface area contributed by atoms with E-state index in [0.717, 1.165) is 21.9 Å². The van der Waals surface area contributed by atoms with E-state index < -0.39 is 0 Å². The number of hydrogen-bond acceptors (Lipinski definition) is 4. The average molecular weight is 329 g/mol. The summed E-state index contributed by atoms with van der Waals surface area (Å²) in [5.41, 5.74) is 3.18. The minimum atomic E-state index is -0.207. The van der Waals surface area contributed by atoms with Crippen molar-refractivity contribution in [2.24, 2.45) is 0 Å². The zero-order chi connectivity index (χ0) is 15.1. The third-order valence-electron chi connectivity index (χ3n) is 3.52. The van der Waals surface area contributed by atoms with E-state index in [0.29, 0.717) is 5.75 Å². The molecule has 0 aliphatic heterocycles. The van der Waals surface area contributed by atoms with Crippen molar-refractivity contribution in [2.75, 3.05) is 0 Å². The summed E-state index contributed by atoms with van der Waals surface area (Å²) >= 11 is 3.29. The van der Waals surface area contributed by atoms with Crippen molar-refractivity contribution < 1.29 is 4.39 Å². The maximum absolute atomic E-state index is 13.3. The fraction of sp³-hybridized carbons (Fsp3) is 0.125. The van der Waals surface area contributed by atoms with Gasteiger partial charge in [0.25, 0.3) is 0 Å². The molecule has 4 rings (SSSR count). The van der Waals surface area contributed by atoms with E-state index in [1.807, 2.05) is 13.0 Å². The van der Waals surface area contributed by atoms with Gasteiger partial charge in [-0.3, -0.25) is 4.40 Å². The number of aromatic nitrogens is 3. The molecule has 0 unspecified atom stereocenters. The highest BCUT2D eigenvalue weighted by molar-refractivity contribution is 7.98. The predicted octanol–water partition coefficient (Wildman–Crippen LogP) is 4.68. The molecule has 1 aromatic carbocycles. The van der Waals surface area contributed by atoms with Gasteiger partial charge in [0, 0.05) is 5.75 Å². The van der Waals surface area contributed by atoms with Crippen molar-refractivity contribution in [3.05, 3.63) is 59.0 Å². The van der Waals surface area contributed by atoms with Gasteiger partial charge in [-0.05, 0) is 42.1 Å². The van der Waals surface area contributed by atoms with Gasteiger partial charge in [-0.1, -0.05) is 23.9 Å². The van der Waals surface area contributed by atoms with Gasteiger partial charge in [-0.2, -0.15) is 0 Å². The third-order valence-corrected chi connectivity index (χ3v) is 5.41. The zero-order valence-corrected chi connectivity index (χ0v) is 13.4. The van der Waals surface area contributed by atoms with E-state index >= 15 is 0 Å². The second-order valence-corrected chi connectivity index (χ2v) is 6.92. The number of halogens is 1. The van der Waals surface area contributed by atoms with Gasteiger partial charge in [0.15, 0.2) is 0 Å². The topological polar surface area (TPSA) is 30.2 Å². The molecule has 0 aliphatic rings. The monoisotopic (exact) mass is 329 g/mol. The van der Waals surface area contributed by atoms with Crippen molar-refractivity contribution in [1.82, 2.24) is 14.6 Å². The lowest BCUT2D eigenvalue weighted by Crippen LogP contribution is -1.99. The van der Waals surface area contributed by atoms with Crippen molar-refractivity contribution in [2.45, 2.75) is 17.7 Å². The summed E-state index contributed by atoms with van der Waals surface area (Å²) in [5, 5.41) is 11.5. The predicted molar refractivity (Wildman–Crippen MR) is 89.1 cm³/mol. The number of nitrogens with zero attached hydrogens (tertiary/aromatic N) is 3. The van der Waals surface area contributed by atoms with Gasteiger partial charge in [0.05, 0.1) is 15.7 Å². The fourth-order valence-corrected chi connectivity index (χ4v) is 4.21. The maximum Gasteiger partial charge on any atom is 0.143 e. The molecule has 0 N–H and O–H groups in total. The number of rotatable bonds is 3. The van der Waals surface area contributed by atoms with Gasteiger partial charge in [-0.15, -0.1) is 21.5 Å². The number of thiophene rings is 1. The molecule has 6 heteroatoms. The third kappa shape index (κ3) is 2.28. The average Bonchev–Trinajstić information content (AvgIpc) is 3.07. The molecule has 0 atom stereocenters. The van der Waals surface area contributed by atoms with E-state index in [1.165, 1.54) is 16.3 Å². The Morgan fingerprint density at radius 2 is 2.09 bits per heavy atom. The normalized spacial score (nSPS) is 11.5. The largest absolute Gasteiger partial charge is 0.293 e. The number of hydrogen-bond donors (Lipinski definition) is 0. The SMILES string of the molecule is Cc1nnc(SCc2cccc(F)c2)c2cc3sccc3n12. The summed E-state index contributed by atoms with van der Waals surface area (Å²) in [5.74, 6) is 1.34. The lowest BCUT2D eigenvalue weighted by atomic mass is 10.2. The Labute approximate surface area is 134 Å². The van der Waals surface area contributed by atoms with Crippen molar-refractivity contribution in [1.29, 1.82) is 0 Å². The van der Waals surface area contributed by atoms with Gasteiger partial charge in [0.2, 0.25) is 0 Å². The first kappa shape index (κ1) is 13.7. The lowest BCUT2D eigenvalue weighted by molar-refractivity contribution is 0.626. The number of aryl methyl sites for hydroxylation is 1. The molecule has 0 aliphatic carbocycles. The Kier molecular flexibility index (Phi) is 3.35. The minimum Gasteiger partial charge on any atom is -0.293 e. The Hall–Kier alpha value is -1.92. The summed E-state index contributed by atoms with van der Waals surface area (Å²) in [6.45, 7) is 1.96. The van der Waals surface area contributed by atoms with E-state index in [2.05, 4.69) is 32.1 Å². The lowest BCUT2D eigenvalue weighted by Gasteiger charge is -2.06. The molecular formula is C16H12FN3S2. The fourth-order valence-electron chi connectivity index (χ4n) is 2.53. The zero-order valence-electron chi connectivity index (χ0n) is 11.8. The highest BCUT2D eigenvalue weighted by Crippen LogP contribution is 2.32. The minimum absolute atomic E-state index is 0.207. The molecule has 0 saturated heterocycles. The van der Waals surface area contributed by atoms with Crippen LogP contribution >= 0.6 is 23.1 Å². The summed E-state index contributed by atoms with van der Waals surface area (Å²) < 4.78 is 16.6. The van der Waals surface area contributed by atoms with Crippen LogP contribution < -0.4 is 0 Å². The highest BCUT2D eigenvalue weighted by atomic mass is 32.2. The maximum atomic E-state index is 13.3. The molecule has 3 nitrogen and oxygen atoms in total. The van der Waals surface area contributed by atoms with Crippen LogP contribution in [0.15, 0.2) is 46.8 Å². The first-order valence-electron chi connectivity index (χ1n) is 6.81. The first-order chi connectivity index (χ1) is 10.7. The second-order valence-electron chi connectivity index (χ2n) is 5.01. The Balaban J connectivity index is 1.74. The van der Waals surface area contributed by atoms with Gasteiger partial charge in [-0.25, -0.2) is 4.39 Å². The van der Waals surface area contributed by atoms with Gasteiger partial charge >= 0.3 is 0 Å². The summed E-state index contributed by atoms with van der Waals surface area (Å²) in [6.07, 6.45) is 0. The molecule has 0 radical (unpaired) electrons. The quantitative estimate of drug-likeness (QED) is 0.511. The smallest absolute Gasteiger partial charge is 0.143 e. The second kappa shape index (κ2) is 5.37. The van der Waals surface area contributed by atoms with E-state index in [-0.39, 0.29) is 5.82 Å². The molecular weight excluding hydrogens is 317 g/mol. The van der Waals surface area contributed by atoms with Crippen LogP contribution in [0.1, 0.15) is 11.4 Å². The van der Waals surface area contributed by atoms with Crippen LogP contribution in [0.25, 0.3) is 15.7 Å². The highest BCUT2D eigenvalue weighted by Gasteiger charge is 2.12. The van der Waals surface area contributed by atoms with Crippen molar-refractivity contribution >= 4 is 38.8 Å². The Morgan fingerprint density at radius 1 is 1.18 bits per heavy atom. The number of benzene rings is 1. The van der Waals surface area contributed by atoms with Crippen LogP contribution in [0.3, 0.4) is 0 Å². The van der Waals surface area contributed by atoms with E-state index in [1.54, 1.807) is 35.2 Å². The molecule has 0 fully saturated rings.